The highest BCUT2D eigenvalue weighted by Gasteiger charge is 2.36. The molecule has 1 aliphatic heterocycles. The zero-order chi connectivity index (χ0) is 20.8. The third-order valence-electron chi connectivity index (χ3n) is 4.97. The standard InChI is InChI=1S/C19H19F3N6O/c1-11-7-16(19(20,21)22)28-17(25-11)8-13(26-28)15-5-3-4-6-27(15)18(29)14-10-23-12(2)9-24-14/h7-10,15H,3-6H2,1-2H3. The molecule has 0 saturated carbocycles. The minimum absolute atomic E-state index is 0.112. The van der Waals surface area contributed by atoms with Crippen LogP contribution < -0.4 is 0 Å². The number of alkyl halides is 3. The zero-order valence-electron chi connectivity index (χ0n) is 15.9. The van der Waals surface area contributed by atoms with E-state index in [1.807, 2.05) is 0 Å². The number of nitrogens with zero attached hydrogens (tertiary/aromatic N) is 6. The Morgan fingerprint density at radius 2 is 1.90 bits per heavy atom. The Labute approximate surface area is 164 Å². The molecule has 0 aromatic carbocycles. The van der Waals surface area contributed by atoms with Gasteiger partial charge in [-0.2, -0.15) is 18.3 Å². The van der Waals surface area contributed by atoms with Crippen molar-refractivity contribution < 1.29 is 18.0 Å². The topological polar surface area (TPSA) is 76.3 Å². The summed E-state index contributed by atoms with van der Waals surface area (Å²) < 4.78 is 41.1. The molecule has 1 saturated heterocycles. The monoisotopic (exact) mass is 404 g/mol. The smallest absolute Gasteiger partial charge is 0.329 e. The zero-order valence-corrected chi connectivity index (χ0v) is 15.9. The first-order chi connectivity index (χ1) is 13.7. The van der Waals surface area contributed by atoms with Crippen LogP contribution in [-0.2, 0) is 6.18 Å². The molecule has 0 radical (unpaired) electrons. The molecule has 0 spiro atoms. The van der Waals surface area contributed by atoms with Crippen LogP contribution in [0.15, 0.2) is 24.5 Å². The largest absolute Gasteiger partial charge is 0.433 e. The summed E-state index contributed by atoms with van der Waals surface area (Å²) in [6, 6.07) is 2.05. The molecule has 10 heteroatoms. The van der Waals surface area contributed by atoms with Gasteiger partial charge in [-0.15, -0.1) is 0 Å². The van der Waals surface area contributed by atoms with Gasteiger partial charge in [-0.25, -0.2) is 14.5 Å². The Hall–Kier alpha value is -3.04. The summed E-state index contributed by atoms with van der Waals surface area (Å²) >= 11 is 0. The van der Waals surface area contributed by atoms with Gasteiger partial charge in [0.2, 0.25) is 0 Å². The molecule has 1 aliphatic rings. The summed E-state index contributed by atoms with van der Waals surface area (Å²) in [6.07, 6.45) is 0.629. The Bertz CT molecular complexity index is 1060. The van der Waals surface area contributed by atoms with Crippen LogP contribution >= 0.6 is 0 Å². The van der Waals surface area contributed by atoms with Crippen molar-refractivity contribution in [3.05, 3.63) is 53.0 Å². The average molecular weight is 404 g/mol. The van der Waals surface area contributed by atoms with Gasteiger partial charge in [0, 0.05) is 24.5 Å². The summed E-state index contributed by atoms with van der Waals surface area (Å²) in [5.41, 5.74) is 0.767. The lowest BCUT2D eigenvalue weighted by atomic mass is 9.99. The molecule has 1 amide bonds. The average Bonchev–Trinajstić information content (AvgIpc) is 3.10. The van der Waals surface area contributed by atoms with Crippen LogP contribution in [0.4, 0.5) is 13.2 Å². The molecule has 1 fully saturated rings. The molecule has 7 nitrogen and oxygen atoms in total. The van der Waals surface area contributed by atoms with Gasteiger partial charge in [0.25, 0.3) is 5.91 Å². The number of aryl methyl sites for hydroxylation is 2. The molecule has 1 unspecified atom stereocenters. The summed E-state index contributed by atoms with van der Waals surface area (Å²) in [7, 11) is 0. The Kier molecular flexibility index (Phi) is 4.71. The van der Waals surface area contributed by atoms with Crippen LogP contribution in [-0.4, -0.2) is 41.9 Å². The maximum absolute atomic E-state index is 13.4. The molecular formula is C19H19F3N6O. The summed E-state index contributed by atoms with van der Waals surface area (Å²) in [6.45, 7) is 3.76. The van der Waals surface area contributed by atoms with Crippen molar-refractivity contribution in [3.8, 4) is 0 Å². The van der Waals surface area contributed by atoms with E-state index in [0.29, 0.717) is 24.4 Å². The van der Waals surface area contributed by atoms with Crippen LogP contribution in [0, 0.1) is 13.8 Å². The third-order valence-corrected chi connectivity index (χ3v) is 4.97. The Morgan fingerprint density at radius 1 is 1.10 bits per heavy atom. The lowest BCUT2D eigenvalue weighted by Gasteiger charge is -2.34. The molecule has 152 valence electrons. The Morgan fingerprint density at radius 3 is 2.59 bits per heavy atom. The molecular weight excluding hydrogens is 385 g/mol. The highest BCUT2D eigenvalue weighted by molar-refractivity contribution is 5.92. The Balaban J connectivity index is 1.74. The van der Waals surface area contributed by atoms with E-state index in [-0.39, 0.29) is 22.9 Å². The lowest BCUT2D eigenvalue weighted by Crippen LogP contribution is -2.39. The number of fused-ring (bicyclic) bond motifs is 1. The molecule has 0 aliphatic carbocycles. The number of amides is 1. The van der Waals surface area contributed by atoms with E-state index in [9.17, 15) is 18.0 Å². The third kappa shape index (κ3) is 3.66. The number of carbonyl (C=O) groups is 1. The van der Waals surface area contributed by atoms with Gasteiger partial charge in [0.05, 0.1) is 23.6 Å². The lowest BCUT2D eigenvalue weighted by molar-refractivity contribution is -0.142. The second kappa shape index (κ2) is 7.09. The number of hydrogen-bond donors (Lipinski definition) is 0. The van der Waals surface area contributed by atoms with Crippen molar-refractivity contribution in [2.24, 2.45) is 0 Å². The highest BCUT2D eigenvalue weighted by Crippen LogP contribution is 2.34. The van der Waals surface area contributed by atoms with Gasteiger partial charge in [0.15, 0.2) is 5.65 Å². The van der Waals surface area contributed by atoms with Gasteiger partial charge in [-0.3, -0.25) is 9.78 Å². The fourth-order valence-corrected chi connectivity index (χ4v) is 3.61. The fraction of sp³-hybridized carbons (Fsp3) is 0.421. The highest BCUT2D eigenvalue weighted by atomic mass is 19.4. The van der Waals surface area contributed by atoms with Crippen LogP contribution in [0.2, 0.25) is 0 Å². The maximum Gasteiger partial charge on any atom is 0.433 e. The van der Waals surface area contributed by atoms with E-state index in [0.717, 1.165) is 23.4 Å². The molecule has 3 aromatic rings. The van der Waals surface area contributed by atoms with E-state index in [1.165, 1.54) is 25.4 Å². The first-order valence-electron chi connectivity index (χ1n) is 9.28. The van der Waals surface area contributed by atoms with E-state index in [2.05, 4.69) is 20.1 Å². The van der Waals surface area contributed by atoms with Crippen LogP contribution in [0.25, 0.3) is 5.65 Å². The number of aromatic nitrogens is 5. The maximum atomic E-state index is 13.4. The predicted molar refractivity (Wildman–Crippen MR) is 97.1 cm³/mol. The minimum Gasteiger partial charge on any atom is -0.329 e. The normalized spacial score (nSPS) is 17.7. The molecule has 1 atom stereocenters. The molecule has 29 heavy (non-hydrogen) atoms. The number of likely N-dealkylation sites (tertiary alicyclic amines) is 1. The number of hydrogen-bond acceptors (Lipinski definition) is 5. The molecule has 3 aromatic heterocycles. The first kappa shape index (κ1) is 19.3. The van der Waals surface area contributed by atoms with Crippen molar-refractivity contribution >= 4 is 11.6 Å². The molecule has 4 heterocycles. The van der Waals surface area contributed by atoms with Crippen molar-refractivity contribution in [1.29, 1.82) is 0 Å². The number of carbonyl (C=O) groups excluding carboxylic acids is 1. The van der Waals surface area contributed by atoms with Gasteiger partial charge >= 0.3 is 6.18 Å². The summed E-state index contributed by atoms with van der Waals surface area (Å²) in [5.74, 6) is -0.306. The van der Waals surface area contributed by atoms with Gasteiger partial charge in [0.1, 0.15) is 11.4 Å². The summed E-state index contributed by atoms with van der Waals surface area (Å²) in [5, 5.41) is 4.19. The van der Waals surface area contributed by atoms with Gasteiger partial charge < -0.3 is 4.90 Å². The van der Waals surface area contributed by atoms with Crippen LogP contribution in [0.5, 0.6) is 0 Å². The molecule has 0 N–H and O–H groups in total. The second-order valence-electron chi connectivity index (χ2n) is 7.17. The first-order valence-corrected chi connectivity index (χ1v) is 9.28. The molecule has 4 rings (SSSR count). The predicted octanol–water partition coefficient (Wildman–Crippen LogP) is 3.52. The van der Waals surface area contributed by atoms with E-state index in [1.54, 1.807) is 11.8 Å². The fourth-order valence-electron chi connectivity index (χ4n) is 3.61. The van der Waals surface area contributed by atoms with Crippen molar-refractivity contribution in [3.63, 3.8) is 0 Å². The van der Waals surface area contributed by atoms with Crippen molar-refractivity contribution in [2.75, 3.05) is 6.54 Å². The second-order valence-corrected chi connectivity index (χ2v) is 7.17. The van der Waals surface area contributed by atoms with E-state index < -0.39 is 17.9 Å². The SMILES string of the molecule is Cc1cnc(C(=O)N2CCCCC2c2cc3nc(C)cc(C(F)(F)F)n3n2)cn1. The quantitative estimate of drug-likeness (QED) is 0.653. The van der Waals surface area contributed by atoms with Gasteiger partial charge in [-0.1, -0.05) is 0 Å². The number of halogens is 3. The van der Waals surface area contributed by atoms with E-state index >= 15 is 0 Å². The van der Waals surface area contributed by atoms with Gasteiger partial charge in [-0.05, 0) is 39.2 Å². The van der Waals surface area contributed by atoms with Crippen LogP contribution in [0.1, 0.15) is 58.6 Å². The van der Waals surface area contributed by atoms with Crippen molar-refractivity contribution in [2.45, 2.75) is 45.3 Å². The summed E-state index contributed by atoms with van der Waals surface area (Å²) in [4.78, 5) is 27.0. The molecule has 0 bridgehead atoms. The van der Waals surface area contributed by atoms with Crippen molar-refractivity contribution in [1.82, 2.24) is 29.5 Å². The van der Waals surface area contributed by atoms with E-state index in [4.69, 9.17) is 0 Å². The minimum atomic E-state index is -4.56. The van der Waals surface area contributed by atoms with Crippen LogP contribution in [0.3, 0.4) is 0 Å². The number of rotatable bonds is 2. The number of piperidine rings is 1.